The molecule has 1 aromatic carbocycles. The maximum absolute atomic E-state index is 12.0. The Morgan fingerprint density at radius 1 is 1.28 bits per heavy atom. The minimum atomic E-state index is 0.184. The van der Waals surface area contributed by atoms with Crippen molar-refractivity contribution in [2.75, 3.05) is 33.7 Å². The number of benzene rings is 1. The zero-order valence-electron chi connectivity index (χ0n) is 11.9. The molecule has 0 aliphatic rings. The van der Waals surface area contributed by atoms with Gasteiger partial charge in [-0.2, -0.15) is 0 Å². The summed E-state index contributed by atoms with van der Waals surface area (Å²) in [6, 6.07) is 7.96. The Hall–Kier alpha value is -1.19. The van der Waals surface area contributed by atoms with Crippen molar-refractivity contribution in [3.8, 4) is 0 Å². The fraction of sp³-hybridized carbons (Fsp3) is 0.533. The molecule has 0 heterocycles. The summed E-state index contributed by atoms with van der Waals surface area (Å²) in [5.41, 5.74) is 2.07. The summed E-state index contributed by atoms with van der Waals surface area (Å²) in [4.78, 5) is 14.1. The van der Waals surface area contributed by atoms with Gasteiger partial charge in [-0.05, 0) is 25.6 Å². The van der Waals surface area contributed by atoms with Gasteiger partial charge in [0.2, 0.25) is 0 Å². The molecule has 3 nitrogen and oxygen atoms in total. The molecule has 0 amide bonds. The van der Waals surface area contributed by atoms with Gasteiger partial charge in [0.15, 0.2) is 5.78 Å². The highest BCUT2D eigenvalue weighted by molar-refractivity contribution is 5.97. The minimum Gasteiger partial charge on any atom is -0.318 e. The van der Waals surface area contributed by atoms with Crippen LogP contribution >= 0.6 is 0 Å². The van der Waals surface area contributed by atoms with Gasteiger partial charge in [0.1, 0.15) is 0 Å². The Labute approximate surface area is 110 Å². The number of carbonyl (C=O) groups is 1. The number of nitrogens with one attached hydrogen (secondary N) is 1. The molecule has 1 aromatic rings. The van der Waals surface area contributed by atoms with Crippen molar-refractivity contribution < 1.29 is 4.79 Å². The highest BCUT2D eigenvalue weighted by atomic mass is 16.1. The molecule has 1 N–H and O–H groups in total. The number of hydrogen-bond donors (Lipinski definition) is 1. The molecule has 0 atom stereocenters. The van der Waals surface area contributed by atoms with Crippen LogP contribution in [0.25, 0.3) is 0 Å². The van der Waals surface area contributed by atoms with Gasteiger partial charge in [-0.15, -0.1) is 0 Å². The van der Waals surface area contributed by atoms with E-state index in [-0.39, 0.29) is 5.78 Å². The molecule has 0 bridgehead atoms. The third kappa shape index (κ3) is 4.59. The van der Waals surface area contributed by atoms with E-state index < -0.39 is 0 Å². The standard InChI is InChI=1S/C15H24N2O/c1-12(2)13-5-7-14(8-6-13)15(18)11-17(4)10-9-16-3/h5-8,12,16H,9-11H2,1-4H3. The fourth-order valence-corrected chi connectivity index (χ4v) is 1.77. The van der Waals surface area contributed by atoms with Crippen LogP contribution in [0, 0.1) is 0 Å². The number of likely N-dealkylation sites (N-methyl/N-ethyl adjacent to an activating group) is 2. The molecule has 1 rings (SSSR count). The van der Waals surface area contributed by atoms with Crippen LogP contribution in [-0.4, -0.2) is 44.4 Å². The first-order valence-electron chi connectivity index (χ1n) is 6.51. The molecule has 0 fully saturated rings. The molecular formula is C15H24N2O. The van der Waals surface area contributed by atoms with E-state index in [0.29, 0.717) is 12.5 Å². The van der Waals surface area contributed by atoms with Crippen molar-refractivity contribution >= 4 is 5.78 Å². The Morgan fingerprint density at radius 2 is 1.89 bits per heavy atom. The number of Topliss-reactive ketones (excluding diaryl/α,β-unsaturated/α-hetero) is 1. The highest BCUT2D eigenvalue weighted by Gasteiger charge is 2.09. The molecule has 0 aliphatic heterocycles. The number of hydrogen-bond acceptors (Lipinski definition) is 3. The van der Waals surface area contributed by atoms with Gasteiger partial charge < -0.3 is 5.32 Å². The van der Waals surface area contributed by atoms with Gasteiger partial charge in [-0.1, -0.05) is 38.1 Å². The Kier molecular flexibility index (Phi) is 6.02. The van der Waals surface area contributed by atoms with E-state index in [9.17, 15) is 4.79 Å². The summed E-state index contributed by atoms with van der Waals surface area (Å²) in [5, 5.41) is 3.08. The molecule has 0 aliphatic carbocycles. The van der Waals surface area contributed by atoms with E-state index >= 15 is 0 Å². The van der Waals surface area contributed by atoms with E-state index in [1.807, 2.05) is 43.3 Å². The first kappa shape index (κ1) is 14.9. The van der Waals surface area contributed by atoms with E-state index in [1.54, 1.807) is 0 Å². The molecule has 0 unspecified atom stereocenters. The molecule has 0 saturated carbocycles. The van der Waals surface area contributed by atoms with E-state index in [0.717, 1.165) is 18.7 Å². The zero-order valence-corrected chi connectivity index (χ0v) is 11.9. The van der Waals surface area contributed by atoms with E-state index in [1.165, 1.54) is 5.56 Å². The zero-order chi connectivity index (χ0) is 13.5. The number of ketones is 1. The summed E-state index contributed by atoms with van der Waals surface area (Å²) in [6.07, 6.45) is 0. The minimum absolute atomic E-state index is 0.184. The van der Waals surface area contributed by atoms with Gasteiger partial charge in [0.05, 0.1) is 6.54 Å². The van der Waals surface area contributed by atoms with Crippen LogP contribution in [0.5, 0.6) is 0 Å². The van der Waals surface area contributed by atoms with Crippen molar-refractivity contribution in [2.24, 2.45) is 0 Å². The Bertz CT molecular complexity index is 371. The molecule has 18 heavy (non-hydrogen) atoms. The summed E-state index contributed by atoms with van der Waals surface area (Å²) >= 11 is 0. The fourth-order valence-electron chi connectivity index (χ4n) is 1.77. The van der Waals surface area contributed by atoms with Crippen molar-refractivity contribution in [2.45, 2.75) is 19.8 Å². The summed E-state index contributed by atoms with van der Waals surface area (Å²) in [5.74, 6) is 0.691. The SMILES string of the molecule is CNCCN(C)CC(=O)c1ccc(C(C)C)cc1. The van der Waals surface area contributed by atoms with Gasteiger partial charge in [-0.25, -0.2) is 0 Å². The Morgan fingerprint density at radius 3 is 2.39 bits per heavy atom. The largest absolute Gasteiger partial charge is 0.318 e. The van der Waals surface area contributed by atoms with Crippen LogP contribution < -0.4 is 5.32 Å². The third-order valence-corrected chi connectivity index (χ3v) is 3.06. The summed E-state index contributed by atoms with van der Waals surface area (Å²) in [6.45, 7) is 6.57. The second kappa shape index (κ2) is 7.29. The first-order valence-corrected chi connectivity index (χ1v) is 6.51. The maximum atomic E-state index is 12.0. The van der Waals surface area contributed by atoms with Crippen molar-refractivity contribution in [1.29, 1.82) is 0 Å². The maximum Gasteiger partial charge on any atom is 0.176 e. The molecule has 0 spiro atoms. The average Bonchev–Trinajstić information content (AvgIpc) is 2.36. The first-order chi connectivity index (χ1) is 8.54. The van der Waals surface area contributed by atoms with Crippen molar-refractivity contribution in [1.82, 2.24) is 10.2 Å². The van der Waals surface area contributed by atoms with Crippen molar-refractivity contribution in [3.63, 3.8) is 0 Å². The monoisotopic (exact) mass is 248 g/mol. The normalized spacial score (nSPS) is 11.2. The number of rotatable bonds is 7. The van der Waals surface area contributed by atoms with Gasteiger partial charge >= 0.3 is 0 Å². The lowest BCUT2D eigenvalue weighted by molar-refractivity contribution is 0.0947. The van der Waals surface area contributed by atoms with Crippen LogP contribution in [0.2, 0.25) is 0 Å². The molecule has 0 saturated heterocycles. The second-order valence-corrected chi connectivity index (χ2v) is 5.04. The van der Waals surface area contributed by atoms with Crippen LogP contribution in [-0.2, 0) is 0 Å². The molecule has 100 valence electrons. The number of nitrogens with zero attached hydrogens (tertiary/aromatic N) is 1. The second-order valence-electron chi connectivity index (χ2n) is 5.04. The molecule has 3 heteroatoms. The predicted molar refractivity (Wildman–Crippen MR) is 76.3 cm³/mol. The van der Waals surface area contributed by atoms with E-state index in [4.69, 9.17) is 0 Å². The summed E-state index contributed by atoms with van der Waals surface area (Å²) in [7, 11) is 3.89. The lowest BCUT2D eigenvalue weighted by Gasteiger charge is -2.15. The predicted octanol–water partition coefficient (Wildman–Crippen LogP) is 2.14. The topological polar surface area (TPSA) is 32.3 Å². The lowest BCUT2D eigenvalue weighted by atomic mass is 10.0. The highest BCUT2D eigenvalue weighted by Crippen LogP contribution is 2.15. The molecular weight excluding hydrogens is 224 g/mol. The van der Waals surface area contributed by atoms with Crippen LogP contribution in [0.3, 0.4) is 0 Å². The van der Waals surface area contributed by atoms with Crippen LogP contribution in [0.1, 0.15) is 35.7 Å². The van der Waals surface area contributed by atoms with Crippen LogP contribution in [0.15, 0.2) is 24.3 Å². The number of carbonyl (C=O) groups excluding carboxylic acids is 1. The third-order valence-electron chi connectivity index (χ3n) is 3.06. The average molecular weight is 248 g/mol. The van der Waals surface area contributed by atoms with Crippen molar-refractivity contribution in [3.05, 3.63) is 35.4 Å². The van der Waals surface area contributed by atoms with Crippen LogP contribution in [0.4, 0.5) is 0 Å². The molecule has 0 aromatic heterocycles. The molecule has 0 radical (unpaired) electrons. The smallest absolute Gasteiger partial charge is 0.176 e. The van der Waals surface area contributed by atoms with E-state index in [2.05, 4.69) is 19.2 Å². The van der Waals surface area contributed by atoms with Gasteiger partial charge in [0, 0.05) is 18.7 Å². The Balaban J connectivity index is 2.56. The summed E-state index contributed by atoms with van der Waals surface area (Å²) < 4.78 is 0. The quantitative estimate of drug-likeness (QED) is 0.750. The lowest BCUT2D eigenvalue weighted by Crippen LogP contribution is -2.31. The van der Waals surface area contributed by atoms with Gasteiger partial charge in [0.25, 0.3) is 0 Å². The van der Waals surface area contributed by atoms with Gasteiger partial charge in [-0.3, -0.25) is 9.69 Å².